The predicted octanol–water partition coefficient (Wildman–Crippen LogP) is 2.87. The zero-order chi connectivity index (χ0) is 14.2. The highest BCUT2D eigenvalue weighted by Crippen LogP contribution is 2.09. The lowest BCUT2D eigenvalue weighted by molar-refractivity contribution is 0.627. The third-order valence-electron chi connectivity index (χ3n) is 2.73. The van der Waals surface area contributed by atoms with Gasteiger partial charge in [0.2, 0.25) is 0 Å². The quantitative estimate of drug-likeness (QED) is 0.761. The van der Waals surface area contributed by atoms with Crippen LogP contribution in [0.4, 0.5) is 16.0 Å². The summed E-state index contributed by atoms with van der Waals surface area (Å²) in [5.41, 5.74) is 1.08. The molecule has 2 N–H and O–H groups in total. The highest BCUT2D eigenvalue weighted by molar-refractivity contribution is 5.46. The average Bonchev–Trinajstić information content (AvgIpc) is 2.48. The minimum Gasteiger partial charge on any atom is -0.370 e. The number of anilines is 2. The van der Waals surface area contributed by atoms with Gasteiger partial charge in [-0.1, -0.05) is 18.2 Å². The van der Waals surface area contributed by atoms with E-state index in [4.69, 9.17) is 0 Å². The first-order chi connectivity index (χ1) is 9.78. The molecule has 4 nitrogen and oxygen atoms in total. The smallest absolute Gasteiger partial charge is 0.131 e. The molecule has 0 aliphatic carbocycles. The molecule has 0 fully saturated rings. The van der Waals surface area contributed by atoms with E-state index in [0.29, 0.717) is 6.54 Å². The minimum absolute atomic E-state index is 0.213. The topological polar surface area (TPSA) is 49.8 Å². The second-order valence-corrected chi connectivity index (χ2v) is 4.26. The lowest BCUT2D eigenvalue weighted by atomic mass is 10.1. The summed E-state index contributed by atoms with van der Waals surface area (Å²) in [6, 6.07) is 8.35. The molecule has 0 radical (unpaired) electrons. The van der Waals surface area contributed by atoms with Crippen LogP contribution in [-0.2, 0) is 6.42 Å². The maximum Gasteiger partial charge on any atom is 0.131 e. The van der Waals surface area contributed by atoms with E-state index in [9.17, 15) is 4.39 Å². The summed E-state index contributed by atoms with van der Waals surface area (Å²) in [5, 5.41) is 6.31. The average molecular weight is 272 g/mol. The molecule has 0 aliphatic heterocycles. The summed E-state index contributed by atoms with van der Waals surface area (Å²) >= 11 is 0. The fourth-order valence-electron chi connectivity index (χ4n) is 1.71. The van der Waals surface area contributed by atoms with Gasteiger partial charge in [-0.2, -0.15) is 0 Å². The standard InChI is InChI=1S/C15H17FN4/c1-2-8-17-14-10-15(20-11-19-14)18-9-7-12-3-5-13(16)6-4-12/h2-6,10-11H,1,7-9H2,(H2,17,18,19,20). The summed E-state index contributed by atoms with van der Waals surface area (Å²) in [7, 11) is 0. The van der Waals surface area contributed by atoms with Crippen molar-refractivity contribution >= 4 is 11.6 Å². The van der Waals surface area contributed by atoms with Crippen LogP contribution in [0.15, 0.2) is 49.3 Å². The summed E-state index contributed by atoms with van der Waals surface area (Å²) in [4.78, 5) is 8.25. The highest BCUT2D eigenvalue weighted by Gasteiger charge is 1.98. The molecule has 0 amide bonds. The van der Waals surface area contributed by atoms with Gasteiger partial charge in [-0.05, 0) is 24.1 Å². The Morgan fingerprint density at radius 1 is 1.10 bits per heavy atom. The van der Waals surface area contributed by atoms with E-state index < -0.39 is 0 Å². The number of halogens is 1. The molecule has 0 spiro atoms. The lowest BCUT2D eigenvalue weighted by Gasteiger charge is -2.07. The highest BCUT2D eigenvalue weighted by atomic mass is 19.1. The molecule has 1 heterocycles. The number of hydrogen-bond acceptors (Lipinski definition) is 4. The first kappa shape index (κ1) is 14.0. The Hall–Kier alpha value is -2.43. The van der Waals surface area contributed by atoms with Crippen LogP contribution >= 0.6 is 0 Å². The van der Waals surface area contributed by atoms with Gasteiger partial charge >= 0.3 is 0 Å². The molecule has 0 bridgehead atoms. The summed E-state index contributed by atoms with van der Waals surface area (Å²) < 4.78 is 12.8. The van der Waals surface area contributed by atoms with Crippen LogP contribution in [0.3, 0.4) is 0 Å². The molecule has 1 aromatic heterocycles. The van der Waals surface area contributed by atoms with Crippen molar-refractivity contribution in [2.24, 2.45) is 0 Å². The van der Waals surface area contributed by atoms with Crippen LogP contribution in [0.5, 0.6) is 0 Å². The van der Waals surface area contributed by atoms with Crippen LogP contribution in [0, 0.1) is 5.82 Å². The maximum atomic E-state index is 12.8. The van der Waals surface area contributed by atoms with Crippen molar-refractivity contribution in [1.29, 1.82) is 0 Å². The van der Waals surface area contributed by atoms with Gasteiger partial charge in [0.15, 0.2) is 0 Å². The molecule has 104 valence electrons. The van der Waals surface area contributed by atoms with Crippen molar-refractivity contribution in [2.45, 2.75) is 6.42 Å². The monoisotopic (exact) mass is 272 g/mol. The predicted molar refractivity (Wildman–Crippen MR) is 79.3 cm³/mol. The largest absolute Gasteiger partial charge is 0.370 e. The maximum absolute atomic E-state index is 12.8. The number of nitrogens with one attached hydrogen (secondary N) is 2. The molecule has 2 aromatic rings. The number of nitrogens with zero attached hydrogens (tertiary/aromatic N) is 2. The number of benzene rings is 1. The Kier molecular flexibility index (Phi) is 5.06. The normalized spacial score (nSPS) is 10.1. The van der Waals surface area contributed by atoms with E-state index in [-0.39, 0.29) is 5.82 Å². The zero-order valence-electron chi connectivity index (χ0n) is 11.1. The number of aromatic nitrogens is 2. The van der Waals surface area contributed by atoms with Gasteiger partial charge in [-0.3, -0.25) is 0 Å². The second-order valence-electron chi connectivity index (χ2n) is 4.26. The van der Waals surface area contributed by atoms with E-state index in [1.807, 2.05) is 6.07 Å². The van der Waals surface area contributed by atoms with Crippen LogP contribution in [-0.4, -0.2) is 23.1 Å². The zero-order valence-corrected chi connectivity index (χ0v) is 11.1. The molecule has 1 aromatic carbocycles. The third kappa shape index (κ3) is 4.35. The summed E-state index contributed by atoms with van der Waals surface area (Å²) in [6.07, 6.45) is 4.08. The van der Waals surface area contributed by atoms with E-state index in [1.54, 1.807) is 18.2 Å². The van der Waals surface area contributed by atoms with Gasteiger partial charge in [0, 0.05) is 19.2 Å². The van der Waals surface area contributed by atoms with Crippen LogP contribution in [0.1, 0.15) is 5.56 Å². The van der Waals surface area contributed by atoms with Crippen molar-refractivity contribution in [1.82, 2.24) is 9.97 Å². The first-order valence-corrected chi connectivity index (χ1v) is 6.43. The van der Waals surface area contributed by atoms with Crippen LogP contribution in [0.25, 0.3) is 0 Å². The summed E-state index contributed by atoms with van der Waals surface area (Å²) in [5.74, 6) is 1.30. The molecule has 0 saturated carbocycles. The van der Waals surface area contributed by atoms with E-state index in [0.717, 1.165) is 30.2 Å². The Labute approximate surface area is 117 Å². The van der Waals surface area contributed by atoms with E-state index in [2.05, 4.69) is 27.2 Å². The molecule has 2 rings (SSSR count). The Balaban J connectivity index is 1.84. The Morgan fingerprint density at radius 2 is 1.80 bits per heavy atom. The molecular formula is C15H17FN4. The van der Waals surface area contributed by atoms with Gasteiger partial charge in [-0.25, -0.2) is 14.4 Å². The second kappa shape index (κ2) is 7.23. The van der Waals surface area contributed by atoms with E-state index >= 15 is 0 Å². The Bertz CT molecular complexity index is 554. The van der Waals surface area contributed by atoms with Gasteiger partial charge in [0.05, 0.1) is 0 Å². The molecular weight excluding hydrogens is 255 g/mol. The van der Waals surface area contributed by atoms with Crippen molar-refractivity contribution < 1.29 is 4.39 Å². The van der Waals surface area contributed by atoms with Crippen molar-refractivity contribution in [3.8, 4) is 0 Å². The minimum atomic E-state index is -0.213. The summed E-state index contributed by atoms with van der Waals surface area (Å²) in [6.45, 7) is 5.02. The first-order valence-electron chi connectivity index (χ1n) is 6.43. The van der Waals surface area contributed by atoms with Gasteiger partial charge < -0.3 is 10.6 Å². The van der Waals surface area contributed by atoms with Gasteiger partial charge in [0.1, 0.15) is 23.8 Å². The van der Waals surface area contributed by atoms with Crippen LogP contribution in [0.2, 0.25) is 0 Å². The van der Waals surface area contributed by atoms with Gasteiger partial charge in [-0.15, -0.1) is 6.58 Å². The van der Waals surface area contributed by atoms with Crippen molar-refractivity contribution in [3.63, 3.8) is 0 Å². The molecule has 0 atom stereocenters. The lowest BCUT2D eigenvalue weighted by Crippen LogP contribution is -2.08. The Morgan fingerprint density at radius 3 is 2.50 bits per heavy atom. The van der Waals surface area contributed by atoms with Crippen molar-refractivity contribution in [3.05, 3.63) is 60.7 Å². The number of hydrogen-bond donors (Lipinski definition) is 2. The molecule has 5 heteroatoms. The van der Waals surface area contributed by atoms with Crippen LogP contribution < -0.4 is 10.6 Å². The molecule has 0 saturated heterocycles. The molecule has 0 unspecified atom stereocenters. The SMILES string of the molecule is C=CCNc1cc(NCCc2ccc(F)cc2)ncn1. The van der Waals surface area contributed by atoms with Crippen molar-refractivity contribution in [2.75, 3.05) is 23.7 Å². The fourth-order valence-corrected chi connectivity index (χ4v) is 1.71. The molecule has 0 aliphatic rings. The molecule has 20 heavy (non-hydrogen) atoms. The third-order valence-corrected chi connectivity index (χ3v) is 2.73. The number of rotatable bonds is 7. The van der Waals surface area contributed by atoms with E-state index in [1.165, 1.54) is 18.5 Å². The fraction of sp³-hybridized carbons (Fsp3) is 0.200. The van der Waals surface area contributed by atoms with Gasteiger partial charge in [0.25, 0.3) is 0 Å².